The van der Waals surface area contributed by atoms with Crippen LogP contribution in [0.5, 0.6) is 0 Å². The third kappa shape index (κ3) is 2.04. The second-order valence-corrected chi connectivity index (χ2v) is 5.23. The first kappa shape index (κ1) is 12.6. The molecular formula is C13H8Cl3N3. The van der Waals surface area contributed by atoms with Crippen LogP contribution in [-0.4, -0.2) is 9.55 Å². The second kappa shape index (κ2) is 4.60. The second-order valence-electron chi connectivity index (χ2n) is 4.01. The number of aromatic nitrogens is 2. The Labute approximate surface area is 124 Å². The molecule has 0 aliphatic carbocycles. The molecule has 0 aliphatic rings. The van der Waals surface area contributed by atoms with Gasteiger partial charge in [-0.15, -0.1) is 0 Å². The minimum absolute atomic E-state index is 0.335. The third-order valence-corrected chi connectivity index (χ3v) is 3.86. The summed E-state index contributed by atoms with van der Waals surface area (Å²) in [5, 5.41) is 1.47. The van der Waals surface area contributed by atoms with E-state index in [2.05, 4.69) is 4.98 Å². The lowest BCUT2D eigenvalue weighted by Gasteiger charge is -2.08. The fourth-order valence-electron chi connectivity index (χ4n) is 1.98. The molecule has 0 aliphatic heterocycles. The van der Waals surface area contributed by atoms with Crippen LogP contribution in [0.25, 0.3) is 16.7 Å². The fourth-order valence-corrected chi connectivity index (χ4v) is 2.51. The van der Waals surface area contributed by atoms with Gasteiger partial charge in [-0.3, -0.25) is 4.57 Å². The highest BCUT2D eigenvalue weighted by Crippen LogP contribution is 2.32. The molecule has 0 saturated carbocycles. The summed E-state index contributed by atoms with van der Waals surface area (Å²) in [6.45, 7) is 0. The smallest absolute Gasteiger partial charge is 0.205 e. The van der Waals surface area contributed by atoms with Gasteiger partial charge in [0, 0.05) is 0 Å². The van der Waals surface area contributed by atoms with Crippen molar-refractivity contribution in [2.45, 2.75) is 0 Å². The van der Waals surface area contributed by atoms with Crippen LogP contribution in [0.3, 0.4) is 0 Å². The molecule has 96 valence electrons. The normalized spacial score (nSPS) is 11.1. The van der Waals surface area contributed by atoms with E-state index >= 15 is 0 Å². The number of nitrogen functional groups attached to an aromatic ring is 1. The minimum Gasteiger partial charge on any atom is -0.369 e. The number of benzene rings is 2. The molecule has 0 fully saturated rings. The average molecular weight is 313 g/mol. The standard InChI is InChI=1S/C13H8Cl3N3/c14-7-3-1-2-4-11(7)19-12-6-9(16)8(15)5-10(12)18-13(19)17/h1-6H,(H2,17,18). The van der Waals surface area contributed by atoms with Crippen molar-refractivity contribution in [1.29, 1.82) is 0 Å². The first-order chi connectivity index (χ1) is 9.08. The maximum absolute atomic E-state index is 6.20. The SMILES string of the molecule is Nc1nc2cc(Cl)c(Cl)cc2n1-c1ccccc1Cl. The average Bonchev–Trinajstić information content (AvgIpc) is 2.66. The van der Waals surface area contributed by atoms with Crippen molar-refractivity contribution in [2.75, 3.05) is 5.73 Å². The van der Waals surface area contributed by atoms with Crippen LogP contribution < -0.4 is 5.73 Å². The molecule has 0 atom stereocenters. The van der Waals surface area contributed by atoms with Crippen molar-refractivity contribution in [3.63, 3.8) is 0 Å². The van der Waals surface area contributed by atoms with Gasteiger partial charge in [-0.25, -0.2) is 4.98 Å². The summed E-state index contributed by atoms with van der Waals surface area (Å²) in [5.41, 5.74) is 8.15. The van der Waals surface area contributed by atoms with Crippen molar-refractivity contribution in [3.05, 3.63) is 51.5 Å². The quantitative estimate of drug-likeness (QED) is 0.715. The van der Waals surface area contributed by atoms with Crippen LogP contribution in [0.15, 0.2) is 36.4 Å². The van der Waals surface area contributed by atoms with Gasteiger partial charge in [0.1, 0.15) is 0 Å². The van der Waals surface area contributed by atoms with Crippen molar-refractivity contribution < 1.29 is 0 Å². The molecule has 3 aromatic rings. The Hall–Kier alpha value is -1.42. The van der Waals surface area contributed by atoms with E-state index in [1.807, 2.05) is 18.2 Å². The van der Waals surface area contributed by atoms with E-state index in [9.17, 15) is 0 Å². The van der Waals surface area contributed by atoms with Crippen LogP contribution >= 0.6 is 34.8 Å². The predicted octanol–water partition coefficient (Wildman–Crippen LogP) is 4.57. The van der Waals surface area contributed by atoms with Gasteiger partial charge in [0.15, 0.2) is 0 Å². The molecule has 3 nitrogen and oxygen atoms in total. The number of halogens is 3. The van der Waals surface area contributed by atoms with Gasteiger partial charge in [-0.1, -0.05) is 46.9 Å². The van der Waals surface area contributed by atoms with Crippen LogP contribution in [0.2, 0.25) is 15.1 Å². The molecule has 0 bridgehead atoms. The summed E-state index contributed by atoms with van der Waals surface area (Å²) < 4.78 is 1.75. The van der Waals surface area contributed by atoms with E-state index in [0.29, 0.717) is 26.5 Å². The highest BCUT2D eigenvalue weighted by Gasteiger charge is 2.14. The number of para-hydroxylation sites is 1. The first-order valence-electron chi connectivity index (χ1n) is 5.46. The Kier molecular flexibility index (Phi) is 3.05. The Morgan fingerprint density at radius 3 is 2.37 bits per heavy atom. The Morgan fingerprint density at radius 2 is 1.63 bits per heavy atom. The molecule has 2 aromatic carbocycles. The number of hydrogen-bond donors (Lipinski definition) is 1. The molecule has 2 N–H and O–H groups in total. The van der Waals surface area contributed by atoms with Gasteiger partial charge in [-0.05, 0) is 24.3 Å². The summed E-state index contributed by atoms with van der Waals surface area (Å²) >= 11 is 18.2. The zero-order valence-electron chi connectivity index (χ0n) is 9.57. The van der Waals surface area contributed by atoms with Crippen molar-refractivity contribution >= 4 is 51.8 Å². The maximum atomic E-state index is 6.20. The highest BCUT2D eigenvalue weighted by molar-refractivity contribution is 6.42. The van der Waals surface area contributed by atoms with Gasteiger partial charge < -0.3 is 5.73 Å². The third-order valence-electron chi connectivity index (χ3n) is 2.82. The Morgan fingerprint density at radius 1 is 0.947 bits per heavy atom. The van der Waals surface area contributed by atoms with E-state index in [0.717, 1.165) is 11.2 Å². The first-order valence-corrected chi connectivity index (χ1v) is 6.59. The molecule has 0 saturated heterocycles. The largest absolute Gasteiger partial charge is 0.369 e. The van der Waals surface area contributed by atoms with Crippen LogP contribution in [-0.2, 0) is 0 Å². The molecule has 0 radical (unpaired) electrons. The molecule has 6 heteroatoms. The lowest BCUT2D eigenvalue weighted by atomic mass is 10.2. The number of hydrogen-bond acceptors (Lipinski definition) is 2. The summed E-state index contributed by atoms with van der Waals surface area (Å²) in [6.07, 6.45) is 0. The van der Waals surface area contributed by atoms with Gasteiger partial charge in [0.05, 0.1) is 31.8 Å². The number of fused-ring (bicyclic) bond motifs is 1. The van der Waals surface area contributed by atoms with Gasteiger partial charge in [-0.2, -0.15) is 0 Å². The summed E-state index contributed by atoms with van der Waals surface area (Å²) in [6, 6.07) is 10.8. The lowest BCUT2D eigenvalue weighted by molar-refractivity contribution is 1.11. The molecular weight excluding hydrogens is 305 g/mol. The summed E-state index contributed by atoms with van der Waals surface area (Å²) in [4.78, 5) is 4.27. The number of nitrogens with two attached hydrogens (primary N) is 1. The van der Waals surface area contributed by atoms with Crippen LogP contribution in [0, 0.1) is 0 Å². The molecule has 3 rings (SSSR count). The van der Waals surface area contributed by atoms with Gasteiger partial charge in [0.2, 0.25) is 5.95 Å². The monoisotopic (exact) mass is 311 g/mol. The summed E-state index contributed by atoms with van der Waals surface area (Å²) in [5.74, 6) is 0.335. The van der Waals surface area contributed by atoms with Crippen molar-refractivity contribution in [2.24, 2.45) is 0 Å². The predicted molar refractivity (Wildman–Crippen MR) is 80.5 cm³/mol. The van der Waals surface area contributed by atoms with Crippen molar-refractivity contribution in [3.8, 4) is 5.69 Å². The summed E-state index contributed by atoms with van der Waals surface area (Å²) in [7, 11) is 0. The van der Waals surface area contributed by atoms with E-state index in [1.54, 1.807) is 22.8 Å². The molecule has 19 heavy (non-hydrogen) atoms. The Balaban J connectivity index is 2.38. The highest BCUT2D eigenvalue weighted by atomic mass is 35.5. The van der Waals surface area contributed by atoms with Crippen LogP contribution in [0.1, 0.15) is 0 Å². The van der Waals surface area contributed by atoms with Crippen LogP contribution in [0.4, 0.5) is 5.95 Å². The minimum atomic E-state index is 0.335. The number of nitrogens with zero attached hydrogens (tertiary/aromatic N) is 2. The molecule has 0 amide bonds. The van der Waals surface area contributed by atoms with Gasteiger partial charge in [0.25, 0.3) is 0 Å². The van der Waals surface area contributed by atoms with E-state index < -0.39 is 0 Å². The van der Waals surface area contributed by atoms with Gasteiger partial charge >= 0.3 is 0 Å². The van der Waals surface area contributed by atoms with E-state index in [-0.39, 0.29) is 0 Å². The number of imidazole rings is 1. The molecule has 1 heterocycles. The lowest BCUT2D eigenvalue weighted by Crippen LogP contribution is -2.01. The maximum Gasteiger partial charge on any atom is 0.205 e. The van der Waals surface area contributed by atoms with E-state index in [1.165, 1.54) is 0 Å². The number of anilines is 1. The molecule has 1 aromatic heterocycles. The van der Waals surface area contributed by atoms with Crippen molar-refractivity contribution in [1.82, 2.24) is 9.55 Å². The topological polar surface area (TPSA) is 43.8 Å². The van der Waals surface area contributed by atoms with E-state index in [4.69, 9.17) is 40.5 Å². The molecule has 0 unspecified atom stereocenters. The Bertz CT molecular complexity index is 780. The zero-order chi connectivity index (χ0) is 13.6. The number of rotatable bonds is 1. The zero-order valence-corrected chi connectivity index (χ0v) is 11.8. The fraction of sp³-hybridized carbons (Fsp3) is 0. The molecule has 0 spiro atoms.